The molecule has 0 saturated carbocycles. The van der Waals surface area contributed by atoms with E-state index in [2.05, 4.69) is 4.98 Å². The van der Waals surface area contributed by atoms with Crippen molar-refractivity contribution in [3.8, 4) is 5.75 Å². The average Bonchev–Trinajstić information content (AvgIpc) is 2.15. The second-order valence-corrected chi connectivity index (χ2v) is 4.01. The molecule has 1 aromatic heterocycles. The van der Waals surface area contributed by atoms with Gasteiger partial charge in [0.05, 0.1) is 5.52 Å². The Morgan fingerprint density at radius 2 is 2.12 bits per heavy atom. The van der Waals surface area contributed by atoms with E-state index in [4.69, 9.17) is 27.9 Å². The lowest BCUT2D eigenvalue weighted by Gasteiger charge is -2.06. The van der Waals surface area contributed by atoms with Crippen LogP contribution in [0.2, 0.25) is 5.02 Å². The molecular formula is C11H7Cl2NO2. The minimum Gasteiger partial charge on any atom is -0.414 e. The molecule has 5 heteroatoms. The topological polar surface area (TPSA) is 39.2 Å². The Labute approximate surface area is 102 Å². The molecule has 0 N–H and O–H groups in total. The number of aryl methyl sites for hydroxylation is 1. The summed E-state index contributed by atoms with van der Waals surface area (Å²) < 4.78 is 4.89. The molecule has 16 heavy (non-hydrogen) atoms. The number of rotatable bonds is 1. The van der Waals surface area contributed by atoms with Crippen LogP contribution in [0.3, 0.4) is 0 Å². The molecule has 2 rings (SSSR count). The number of pyridine rings is 1. The second-order valence-electron chi connectivity index (χ2n) is 3.26. The third-order valence-corrected chi connectivity index (χ3v) is 2.36. The Bertz CT molecular complexity index is 564. The van der Waals surface area contributed by atoms with Gasteiger partial charge in [-0.3, -0.25) is 4.98 Å². The molecule has 2 aromatic rings. The molecule has 0 radical (unpaired) electrons. The van der Waals surface area contributed by atoms with Crippen molar-refractivity contribution < 1.29 is 9.53 Å². The maximum Gasteiger partial charge on any atom is 0.409 e. The molecule has 1 aromatic carbocycles. The highest BCUT2D eigenvalue weighted by atomic mass is 35.5. The summed E-state index contributed by atoms with van der Waals surface area (Å²) in [4.78, 5) is 15.0. The van der Waals surface area contributed by atoms with Gasteiger partial charge in [0.2, 0.25) is 0 Å². The van der Waals surface area contributed by atoms with Crippen molar-refractivity contribution in [2.45, 2.75) is 6.92 Å². The first kappa shape index (κ1) is 11.2. The number of carbonyl (C=O) groups is 1. The van der Waals surface area contributed by atoms with Crippen LogP contribution in [0.4, 0.5) is 4.79 Å². The minimum atomic E-state index is -0.873. The first-order chi connectivity index (χ1) is 7.56. The molecule has 3 nitrogen and oxygen atoms in total. The van der Waals surface area contributed by atoms with E-state index in [9.17, 15) is 4.79 Å². The zero-order chi connectivity index (χ0) is 11.7. The molecule has 0 saturated heterocycles. The van der Waals surface area contributed by atoms with Gasteiger partial charge in [-0.05, 0) is 25.1 Å². The summed E-state index contributed by atoms with van der Waals surface area (Å²) in [5.41, 5.74) is 0.518. The van der Waals surface area contributed by atoms with Gasteiger partial charge in [0.1, 0.15) is 5.75 Å². The van der Waals surface area contributed by atoms with Crippen LogP contribution in [0.5, 0.6) is 5.75 Å². The van der Waals surface area contributed by atoms with Crippen molar-refractivity contribution >= 4 is 39.5 Å². The first-order valence-electron chi connectivity index (χ1n) is 4.50. The van der Waals surface area contributed by atoms with Gasteiger partial charge >= 0.3 is 5.43 Å². The Balaban J connectivity index is 2.67. The summed E-state index contributed by atoms with van der Waals surface area (Å²) in [5, 5.41) is 1.28. The summed E-state index contributed by atoms with van der Waals surface area (Å²) in [7, 11) is 0. The Morgan fingerprint density at radius 1 is 1.38 bits per heavy atom. The molecule has 82 valence electrons. The molecule has 0 aliphatic heterocycles. The molecule has 0 amide bonds. The number of fused-ring (bicyclic) bond motifs is 1. The number of hydrogen-bond acceptors (Lipinski definition) is 3. The molecule has 0 spiro atoms. The summed E-state index contributed by atoms with van der Waals surface area (Å²) in [6.45, 7) is 1.80. The second kappa shape index (κ2) is 4.28. The highest BCUT2D eigenvalue weighted by Crippen LogP contribution is 2.28. The van der Waals surface area contributed by atoms with Crippen LogP contribution >= 0.6 is 23.2 Å². The molecular weight excluding hydrogens is 249 g/mol. The highest BCUT2D eigenvalue weighted by Gasteiger charge is 2.08. The van der Waals surface area contributed by atoms with E-state index in [0.29, 0.717) is 21.7 Å². The van der Waals surface area contributed by atoms with Crippen LogP contribution in [0.25, 0.3) is 10.9 Å². The molecule has 0 aliphatic rings. The normalized spacial score (nSPS) is 10.4. The van der Waals surface area contributed by atoms with Crippen LogP contribution in [-0.2, 0) is 0 Å². The highest BCUT2D eigenvalue weighted by molar-refractivity contribution is 6.61. The summed E-state index contributed by atoms with van der Waals surface area (Å²) in [5.74, 6) is 0.388. The summed E-state index contributed by atoms with van der Waals surface area (Å²) in [6, 6.07) is 6.79. The zero-order valence-electron chi connectivity index (χ0n) is 8.33. The third-order valence-electron chi connectivity index (χ3n) is 2.05. The average molecular weight is 256 g/mol. The summed E-state index contributed by atoms with van der Waals surface area (Å²) >= 11 is 11.0. The van der Waals surface area contributed by atoms with Crippen molar-refractivity contribution in [2.75, 3.05) is 0 Å². The fourth-order valence-electron chi connectivity index (χ4n) is 1.47. The Morgan fingerprint density at radius 3 is 2.81 bits per heavy atom. The van der Waals surface area contributed by atoms with Gasteiger partial charge in [-0.15, -0.1) is 0 Å². The number of carbonyl (C=O) groups excluding carboxylic acids is 1. The van der Waals surface area contributed by atoms with Crippen molar-refractivity contribution in [3.63, 3.8) is 0 Å². The maximum absolute atomic E-state index is 10.7. The van der Waals surface area contributed by atoms with Crippen molar-refractivity contribution in [1.29, 1.82) is 0 Å². The predicted molar refractivity (Wildman–Crippen MR) is 63.4 cm³/mol. The molecule has 0 unspecified atom stereocenters. The largest absolute Gasteiger partial charge is 0.414 e. The van der Waals surface area contributed by atoms with E-state index in [0.717, 1.165) is 5.69 Å². The van der Waals surface area contributed by atoms with E-state index in [-0.39, 0.29) is 0 Å². The zero-order valence-corrected chi connectivity index (χ0v) is 9.84. The summed E-state index contributed by atoms with van der Waals surface area (Å²) in [6.07, 6.45) is 0. The van der Waals surface area contributed by atoms with Crippen molar-refractivity contribution in [3.05, 3.63) is 35.0 Å². The maximum atomic E-state index is 10.7. The number of hydrogen-bond donors (Lipinski definition) is 0. The quantitative estimate of drug-likeness (QED) is 0.725. The smallest absolute Gasteiger partial charge is 0.409 e. The standard InChI is InChI=1S/C11H7Cl2NO2/c1-6-4-10(16-11(13)15)8-3-2-7(12)5-9(8)14-6/h2-5H,1H3. The van der Waals surface area contributed by atoms with E-state index in [1.54, 1.807) is 31.2 Å². The van der Waals surface area contributed by atoms with Gasteiger partial charge in [-0.25, -0.2) is 4.79 Å². The fourth-order valence-corrected chi connectivity index (χ4v) is 1.72. The molecule has 1 heterocycles. The van der Waals surface area contributed by atoms with Crippen molar-refractivity contribution in [1.82, 2.24) is 4.98 Å². The number of aromatic nitrogens is 1. The fraction of sp³-hybridized carbons (Fsp3) is 0.0909. The van der Waals surface area contributed by atoms with E-state index in [1.807, 2.05) is 0 Å². The predicted octanol–water partition coefficient (Wildman–Crippen LogP) is 3.93. The lowest BCUT2D eigenvalue weighted by atomic mass is 10.2. The lowest BCUT2D eigenvalue weighted by molar-refractivity contribution is 0.226. The van der Waals surface area contributed by atoms with Crippen LogP contribution < -0.4 is 4.74 Å². The van der Waals surface area contributed by atoms with Crippen LogP contribution in [-0.4, -0.2) is 10.4 Å². The molecule has 0 fully saturated rings. The van der Waals surface area contributed by atoms with Crippen molar-refractivity contribution in [2.24, 2.45) is 0 Å². The Hall–Kier alpha value is -1.32. The SMILES string of the molecule is Cc1cc(OC(=O)Cl)c2ccc(Cl)cc2n1. The van der Waals surface area contributed by atoms with E-state index >= 15 is 0 Å². The number of nitrogens with zero attached hydrogens (tertiary/aromatic N) is 1. The van der Waals surface area contributed by atoms with Crippen LogP contribution in [0.1, 0.15) is 5.69 Å². The van der Waals surface area contributed by atoms with E-state index in [1.165, 1.54) is 0 Å². The van der Waals surface area contributed by atoms with Crippen LogP contribution in [0.15, 0.2) is 24.3 Å². The Kier molecular flexibility index (Phi) is 2.99. The lowest BCUT2D eigenvalue weighted by Crippen LogP contribution is -1.98. The third kappa shape index (κ3) is 2.26. The number of halogens is 2. The molecule has 0 atom stereocenters. The van der Waals surface area contributed by atoms with Gasteiger partial charge in [-0.1, -0.05) is 11.6 Å². The van der Waals surface area contributed by atoms with Gasteiger partial charge in [0.25, 0.3) is 0 Å². The van der Waals surface area contributed by atoms with E-state index < -0.39 is 5.43 Å². The van der Waals surface area contributed by atoms with Gasteiger partial charge in [0, 0.05) is 33.8 Å². The molecule has 0 bridgehead atoms. The van der Waals surface area contributed by atoms with Crippen LogP contribution in [0, 0.1) is 6.92 Å². The number of ether oxygens (including phenoxy) is 1. The molecule has 0 aliphatic carbocycles. The number of benzene rings is 1. The van der Waals surface area contributed by atoms with Gasteiger partial charge in [0.15, 0.2) is 0 Å². The first-order valence-corrected chi connectivity index (χ1v) is 5.26. The van der Waals surface area contributed by atoms with Gasteiger partial charge < -0.3 is 4.74 Å². The minimum absolute atomic E-state index is 0.388. The monoisotopic (exact) mass is 255 g/mol. The van der Waals surface area contributed by atoms with Gasteiger partial charge in [-0.2, -0.15) is 0 Å².